The van der Waals surface area contributed by atoms with Crippen molar-refractivity contribution in [2.45, 2.75) is 41.5 Å². The van der Waals surface area contributed by atoms with Crippen LogP contribution in [0, 0.1) is 41.5 Å². The van der Waals surface area contributed by atoms with Crippen molar-refractivity contribution in [1.82, 2.24) is 0 Å². The Balaban J connectivity index is 2.96. The minimum atomic E-state index is 0.827. The Morgan fingerprint density at radius 3 is 1.00 bits per heavy atom. The fourth-order valence-corrected chi connectivity index (χ4v) is 5.50. The molecule has 2 rings (SSSR count). The van der Waals surface area contributed by atoms with Gasteiger partial charge in [0.05, 0.1) is 6.26 Å². The van der Waals surface area contributed by atoms with E-state index in [1.807, 2.05) is 0 Å². The molecule has 2 aromatic carbocycles. The molecule has 1 N–H and O–H groups in total. The maximum atomic E-state index is 10.2. The Morgan fingerprint density at radius 1 is 0.560 bits per heavy atom. The Labute approximate surface area is 183 Å². The topological polar surface area (TPSA) is 20.2 Å². The summed E-state index contributed by atoms with van der Waals surface area (Å²) >= 11 is 14.8. The number of rotatable bonds is 2. The van der Waals surface area contributed by atoms with E-state index in [1.165, 1.54) is 6.26 Å². The van der Waals surface area contributed by atoms with Crippen molar-refractivity contribution in [3.05, 3.63) is 68.7 Å². The highest BCUT2D eigenvalue weighted by Gasteiger charge is 2.23. The molecule has 0 aliphatic carbocycles. The second kappa shape index (κ2) is 7.87. The van der Waals surface area contributed by atoms with Crippen molar-refractivity contribution >= 4 is 69.3 Å². The Bertz CT molecular complexity index is 781. The lowest BCUT2D eigenvalue weighted by atomic mass is 9.86. The van der Waals surface area contributed by atoms with Gasteiger partial charge in [0.2, 0.25) is 0 Å². The minimum Gasteiger partial charge on any atom is -0.515 e. The van der Waals surface area contributed by atoms with Crippen LogP contribution in [-0.4, -0.2) is 5.11 Å². The van der Waals surface area contributed by atoms with Crippen LogP contribution in [0.5, 0.6) is 0 Å². The summed E-state index contributed by atoms with van der Waals surface area (Å²) in [6.07, 6.45) is 1.23. The molecule has 0 aliphatic heterocycles. The smallest absolute Gasteiger partial charge is 0.0876 e. The number of hydrogen-bond acceptors (Lipinski definition) is 1. The second-order valence-corrected chi connectivity index (χ2v) is 9.47. The molecule has 0 bridgehead atoms. The van der Waals surface area contributed by atoms with Crippen LogP contribution in [0.3, 0.4) is 0 Å². The summed E-state index contributed by atoms with van der Waals surface area (Å²) in [5.41, 5.74) is 9.70. The largest absolute Gasteiger partial charge is 0.515 e. The van der Waals surface area contributed by atoms with Crippen LogP contribution < -0.4 is 0 Å². The predicted molar refractivity (Wildman–Crippen MR) is 122 cm³/mol. The number of hydrogen-bond donors (Lipinski definition) is 1. The van der Waals surface area contributed by atoms with E-state index in [-0.39, 0.29) is 0 Å². The third-order valence-corrected chi connectivity index (χ3v) is 9.56. The van der Waals surface area contributed by atoms with Crippen LogP contribution in [0.2, 0.25) is 0 Å². The van der Waals surface area contributed by atoms with Gasteiger partial charge in [0.15, 0.2) is 0 Å². The van der Waals surface area contributed by atoms with Crippen molar-refractivity contribution in [2.24, 2.45) is 0 Å². The van der Waals surface area contributed by atoms with Gasteiger partial charge in [-0.1, -0.05) is 63.7 Å². The third kappa shape index (κ3) is 3.42. The average Bonchev–Trinajstić information content (AvgIpc) is 2.60. The lowest BCUT2D eigenvalue weighted by Crippen LogP contribution is -2.05. The summed E-state index contributed by atoms with van der Waals surface area (Å²) in [4.78, 5) is 0. The van der Waals surface area contributed by atoms with Gasteiger partial charge in [-0.25, -0.2) is 0 Å². The average molecular weight is 596 g/mol. The van der Waals surface area contributed by atoms with Gasteiger partial charge in [-0.2, -0.15) is 0 Å². The molecule has 5 heteroatoms. The van der Waals surface area contributed by atoms with Crippen LogP contribution in [0.4, 0.5) is 0 Å². The fourth-order valence-electron chi connectivity index (χ4n) is 3.38. The fraction of sp³-hybridized carbons (Fsp3) is 0.300. The Kier molecular flexibility index (Phi) is 6.68. The summed E-state index contributed by atoms with van der Waals surface area (Å²) < 4.78 is 4.22. The van der Waals surface area contributed by atoms with E-state index >= 15 is 0 Å². The maximum Gasteiger partial charge on any atom is 0.0876 e. The molecule has 0 unspecified atom stereocenters. The predicted octanol–water partition coefficient (Wildman–Crippen LogP) is 8.53. The van der Waals surface area contributed by atoms with Crippen LogP contribution in [0.15, 0.2) is 24.2 Å². The minimum absolute atomic E-state index is 0.827. The van der Waals surface area contributed by atoms with Gasteiger partial charge in [-0.3, -0.25) is 0 Å². The third-order valence-electron chi connectivity index (χ3n) is 4.80. The van der Waals surface area contributed by atoms with Crippen LogP contribution in [0.25, 0.3) is 5.57 Å². The van der Waals surface area contributed by atoms with E-state index < -0.39 is 0 Å². The zero-order chi connectivity index (χ0) is 19.2. The molecule has 134 valence electrons. The van der Waals surface area contributed by atoms with Crippen LogP contribution >= 0.6 is 63.7 Å². The zero-order valence-electron chi connectivity index (χ0n) is 15.0. The van der Waals surface area contributed by atoms with Gasteiger partial charge in [0.1, 0.15) is 0 Å². The van der Waals surface area contributed by atoms with Crippen molar-refractivity contribution in [1.29, 1.82) is 0 Å². The summed E-state index contributed by atoms with van der Waals surface area (Å²) in [7, 11) is 0. The molecular weight excluding hydrogens is 576 g/mol. The summed E-state index contributed by atoms with van der Waals surface area (Å²) in [6.45, 7) is 12.5. The molecule has 1 nitrogen and oxygen atoms in total. The highest BCUT2D eigenvalue weighted by Crippen LogP contribution is 2.44. The first kappa shape index (κ1) is 21.2. The molecule has 0 saturated heterocycles. The standard InChI is InChI=1S/C20H20Br4O/c1-8-15(9(2)18(22)12(5)17(8)21)14(7-25)16-10(3)19(23)13(6)20(24)11(16)4/h7,25H,1-6H3. The van der Waals surface area contributed by atoms with Crippen LogP contribution in [0.1, 0.15) is 44.5 Å². The van der Waals surface area contributed by atoms with Gasteiger partial charge >= 0.3 is 0 Å². The molecule has 0 atom stereocenters. The van der Waals surface area contributed by atoms with Gasteiger partial charge in [-0.05, 0) is 86.1 Å². The summed E-state index contributed by atoms with van der Waals surface area (Å²) in [5, 5.41) is 10.2. The lowest BCUT2D eigenvalue weighted by molar-refractivity contribution is 0.476. The normalized spacial score (nSPS) is 11.0. The van der Waals surface area contributed by atoms with E-state index in [9.17, 15) is 5.11 Å². The van der Waals surface area contributed by atoms with Crippen molar-refractivity contribution in [3.63, 3.8) is 0 Å². The molecule has 0 aliphatic rings. The van der Waals surface area contributed by atoms with Gasteiger partial charge in [-0.15, -0.1) is 0 Å². The quantitative estimate of drug-likeness (QED) is 0.345. The van der Waals surface area contributed by atoms with Gasteiger partial charge < -0.3 is 5.11 Å². The van der Waals surface area contributed by atoms with E-state index in [0.717, 1.165) is 68.0 Å². The van der Waals surface area contributed by atoms with Crippen molar-refractivity contribution in [2.75, 3.05) is 0 Å². The first-order valence-electron chi connectivity index (χ1n) is 7.80. The molecule has 2 aromatic rings. The number of halogens is 4. The first-order chi connectivity index (χ1) is 11.6. The first-order valence-corrected chi connectivity index (χ1v) is 11.0. The molecular formula is C20H20Br4O. The molecule has 0 heterocycles. The number of benzene rings is 2. The molecule has 0 fully saturated rings. The monoisotopic (exact) mass is 592 g/mol. The molecule has 0 aromatic heterocycles. The van der Waals surface area contributed by atoms with Crippen molar-refractivity contribution in [3.8, 4) is 0 Å². The Hall–Kier alpha value is -0.100. The van der Waals surface area contributed by atoms with E-state index in [1.54, 1.807) is 0 Å². The van der Waals surface area contributed by atoms with Gasteiger partial charge in [0.25, 0.3) is 0 Å². The van der Waals surface area contributed by atoms with E-state index in [4.69, 9.17) is 0 Å². The molecule has 25 heavy (non-hydrogen) atoms. The second-order valence-electron chi connectivity index (χ2n) is 6.30. The lowest BCUT2D eigenvalue weighted by Gasteiger charge is -2.23. The number of aliphatic hydroxyl groups excluding tert-OH is 1. The van der Waals surface area contributed by atoms with Crippen molar-refractivity contribution < 1.29 is 5.11 Å². The maximum absolute atomic E-state index is 10.2. The molecule has 0 saturated carbocycles. The van der Waals surface area contributed by atoms with E-state index in [2.05, 4.69) is 105 Å². The van der Waals surface area contributed by atoms with Crippen LogP contribution in [-0.2, 0) is 0 Å². The van der Waals surface area contributed by atoms with Gasteiger partial charge in [0, 0.05) is 23.5 Å². The van der Waals surface area contributed by atoms with E-state index in [0.29, 0.717) is 0 Å². The SMILES string of the molecule is Cc1c(Br)c(C)c(C(=CO)c2c(C)c(Br)c(C)c(Br)c2C)c(C)c1Br. The highest BCUT2D eigenvalue weighted by atomic mass is 79.9. The molecule has 0 radical (unpaired) electrons. The zero-order valence-corrected chi connectivity index (χ0v) is 21.4. The summed E-state index contributed by atoms with van der Waals surface area (Å²) in [6, 6.07) is 0. The molecule has 0 amide bonds. The number of aliphatic hydroxyl groups is 1. The highest BCUT2D eigenvalue weighted by molar-refractivity contribution is 9.11. The summed E-state index contributed by atoms with van der Waals surface area (Å²) in [5.74, 6) is 0. The molecule has 0 spiro atoms. The Morgan fingerprint density at radius 2 is 0.800 bits per heavy atom.